The van der Waals surface area contributed by atoms with Gasteiger partial charge in [-0.3, -0.25) is 4.79 Å². The maximum Gasteiger partial charge on any atom is 0.277 e. The Morgan fingerprint density at radius 1 is 1.17 bits per heavy atom. The number of aromatic hydroxyl groups is 1. The quantitative estimate of drug-likeness (QED) is 0.633. The van der Waals surface area contributed by atoms with Crippen molar-refractivity contribution in [2.45, 2.75) is 6.92 Å². The number of rotatable bonds is 6. The Balaban J connectivity index is 1.89. The summed E-state index contributed by atoms with van der Waals surface area (Å²) in [5.41, 5.74) is 3.44. The Labute approximate surface area is 134 Å². The lowest BCUT2D eigenvalue weighted by Crippen LogP contribution is -2.25. The first-order valence-corrected chi connectivity index (χ1v) is 6.98. The third kappa shape index (κ3) is 4.74. The van der Waals surface area contributed by atoms with Crippen LogP contribution < -0.4 is 14.9 Å². The minimum absolute atomic E-state index is 0.107. The van der Waals surface area contributed by atoms with E-state index in [-0.39, 0.29) is 12.4 Å². The van der Waals surface area contributed by atoms with Crippen molar-refractivity contribution < 1.29 is 19.4 Å². The summed E-state index contributed by atoms with van der Waals surface area (Å²) in [6.45, 7) is 1.52. The van der Waals surface area contributed by atoms with Gasteiger partial charge < -0.3 is 14.6 Å². The van der Waals surface area contributed by atoms with Crippen LogP contribution in [-0.4, -0.2) is 30.4 Å². The van der Waals surface area contributed by atoms with Crippen LogP contribution in [-0.2, 0) is 4.79 Å². The molecular formula is C17H18N2O4. The molecule has 0 aliphatic rings. The zero-order chi connectivity index (χ0) is 16.7. The van der Waals surface area contributed by atoms with E-state index in [9.17, 15) is 9.90 Å². The van der Waals surface area contributed by atoms with Gasteiger partial charge in [0.25, 0.3) is 5.91 Å². The average Bonchev–Trinajstić information content (AvgIpc) is 2.58. The third-order valence-corrected chi connectivity index (χ3v) is 3.05. The number of para-hydroxylation sites is 1. The summed E-state index contributed by atoms with van der Waals surface area (Å²) in [6, 6.07) is 13.7. The second kappa shape index (κ2) is 7.84. The molecule has 0 atom stereocenters. The molecule has 0 fully saturated rings. The summed E-state index contributed by atoms with van der Waals surface area (Å²) in [4.78, 5) is 11.8. The average molecular weight is 314 g/mol. The number of hydrogen-bond acceptors (Lipinski definition) is 5. The molecule has 0 aliphatic heterocycles. The zero-order valence-electron chi connectivity index (χ0n) is 12.9. The van der Waals surface area contributed by atoms with Crippen LogP contribution in [0.1, 0.15) is 12.5 Å². The Bertz CT molecular complexity index is 713. The van der Waals surface area contributed by atoms with Crippen molar-refractivity contribution in [1.82, 2.24) is 5.43 Å². The number of carbonyl (C=O) groups is 1. The fraction of sp³-hybridized carbons (Fsp3) is 0.176. The molecule has 2 N–H and O–H groups in total. The van der Waals surface area contributed by atoms with Crippen molar-refractivity contribution in [2.24, 2.45) is 5.10 Å². The van der Waals surface area contributed by atoms with E-state index < -0.39 is 5.91 Å². The standard InChI is InChI=1S/C17H18N2O4/c1-12(15-8-3-4-9-16(15)20)18-19-17(21)11-23-14-7-5-6-13(10-14)22-2/h3-10,20H,11H2,1-2H3,(H,19,21)/b18-12-. The highest BCUT2D eigenvalue weighted by Crippen LogP contribution is 2.18. The number of nitrogens with one attached hydrogen (secondary N) is 1. The van der Waals surface area contributed by atoms with E-state index in [0.29, 0.717) is 22.8 Å². The summed E-state index contributed by atoms with van der Waals surface area (Å²) >= 11 is 0. The predicted octanol–water partition coefficient (Wildman–Crippen LogP) is 2.32. The normalized spacial score (nSPS) is 11.0. The molecule has 2 aromatic carbocycles. The second-order valence-electron chi connectivity index (χ2n) is 4.72. The van der Waals surface area contributed by atoms with Crippen LogP contribution in [0.4, 0.5) is 0 Å². The van der Waals surface area contributed by atoms with Crippen molar-refractivity contribution in [3.8, 4) is 17.2 Å². The summed E-state index contributed by atoms with van der Waals surface area (Å²) in [5, 5.41) is 13.7. The molecule has 2 rings (SSSR count). The van der Waals surface area contributed by atoms with Crippen LogP contribution in [0.15, 0.2) is 53.6 Å². The third-order valence-electron chi connectivity index (χ3n) is 3.05. The number of phenolic OH excluding ortho intramolecular Hbond substituents is 1. The minimum Gasteiger partial charge on any atom is -0.507 e. The summed E-state index contributed by atoms with van der Waals surface area (Å²) in [7, 11) is 1.56. The lowest BCUT2D eigenvalue weighted by atomic mass is 10.1. The van der Waals surface area contributed by atoms with Gasteiger partial charge in [0.2, 0.25) is 0 Å². The largest absolute Gasteiger partial charge is 0.507 e. The fourth-order valence-corrected chi connectivity index (χ4v) is 1.86. The van der Waals surface area contributed by atoms with Gasteiger partial charge >= 0.3 is 0 Å². The van der Waals surface area contributed by atoms with Gasteiger partial charge in [-0.05, 0) is 31.2 Å². The van der Waals surface area contributed by atoms with Crippen molar-refractivity contribution in [1.29, 1.82) is 0 Å². The van der Waals surface area contributed by atoms with Gasteiger partial charge in [0, 0.05) is 11.6 Å². The van der Waals surface area contributed by atoms with Crippen LogP contribution in [0.3, 0.4) is 0 Å². The number of carbonyl (C=O) groups excluding carboxylic acids is 1. The highest BCUT2D eigenvalue weighted by Gasteiger charge is 2.06. The number of benzene rings is 2. The Morgan fingerprint density at radius 2 is 1.91 bits per heavy atom. The molecule has 0 saturated carbocycles. The maximum absolute atomic E-state index is 11.8. The van der Waals surface area contributed by atoms with Gasteiger partial charge in [0.15, 0.2) is 6.61 Å². The SMILES string of the molecule is COc1cccc(OCC(=O)N/N=C(/C)c2ccccc2O)c1. The number of phenols is 1. The molecule has 0 unspecified atom stereocenters. The van der Waals surface area contributed by atoms with Gasteiger partial charge in [0.1, 0.15) is 17.2 Å². The molecule has 120 valence electrons. The van der Waals surface area contributed by atoms with Crippen LogP contribution in [0.2, 0.25) is 0 Å². The van der Waals surface area contributed by atoms with E-state index in [2.05, 4.69) is 10.5 Å². The van der Waals surface area contributed by atoms with Gasteiger partial charge in [-0.15, -0.1) is 0 Å². The van der Waals surface area contributed by atoms with E-state index in [1.165, 1.54) is 0 Å². The van der Waals surface area contributed by atoms with Crippen molar-refractivity contribution in [3.05, 3.63) is 54.1 Å². The highest BCUT2D eigenvalue weighted by molar-refractivity contribution is 6.01. The highest BCUT2D eigenvalue weighted by atomic mass is 16.5. The number of amides is 1. The molecule has 0 bridgehead atoms. The zero-order valence-corrected chi connectivity index (χ0v) is 12.9. The van der Waals surface area contributed by atoms with Crippen LogP contribution in [0.5, 0.6) is 17.2 Å². The Kier molecular flexibility index (Phi) is 5.57. The second-order valence-corrected chi connectivity index (χ2v) is 4.72. The lowest BCUT2D eigenvalue weighted by Gasteiger charge is -2.07. The van der Waals surface area contributed by atoms with Crippen molar-refractivity contribution in [2.75, 3.05) is 13.7 Å². The fourth-order valence-electron chi connectivity index (χ4n) is 1.86. The first kappa shape index (κ1) is 16.4. The number of nitrogens with zero attached hydrogens (tertiary/aromatic N) is 1. The van der Waals surface area contributed by atoms with E-state index >= 15 is 0 Å². The summed E-state index contributed by atoms with van der Waals surface area (Å²) < 4.78 is 10.4. The predicted molar refractivity (Wildman–Crippen MR) is 86.9 cm³/mol. The molecule has 0 aliphatic carbocycles. The molecule has 0 spiro atoms. The topological polar surface area (TPSA) is 80.2 Å². The van der Waals surface area contributed by atoms with E-state index in [0.717, 1.165) is 0 Å². The minimum atomic E-state index is -0.400. The molecule has 6 nitrogen and oxygen atoms in total. The Morgan fingerprint density at radius 3 is 2.65 bits per heavy atom. The molecular weight excluding hydrogens is 296 g/mol. The summed E-state index contributed by atoms with van der Waals surface area (Å²) in [5.74, 6) is 0.885. The smallest absolute Gasteiger partial charge is 0.277 e. The number of methoxy groups -OCH3 is 1. The molecule has 23 heavy (non-hydrogen) atoms. The monoisotopic (exact) mass is 314 g/mol. The number of hydrogen-bond donors (Lipinski definition) is 2. The van der Waals surface area contributed by atoms with E-state index in [1.807, 2.05) is 0 Å². The maximum atomic E-state index is 11.8. The number of hydrazone groups is 1. The molecule has 0 saturated heterocycles. The number of ether oxygens (including phenoxy) is 2. The molecule has 0 aromatic heterocycles. The van der Waals surface area contributed by atoms with Crippen LogP contribution >= 0.6 is 0 Å². The molecule has 0 radical (unpaired) electrons. The summed E-state index contributed by atoms with van der Waals surface area (Å²) in [6.07, 6.45) is 0. The van der Waals surface area contributed by atoms with Gasteiger partial charge in [-0.1, -0.05) is 18.2 Å². The van der Waals surface area contributed by atoms with Crippen molar-refractivity contribution >= 4 is 11.6 Å². The van der Waals surface area contributed by atoms with Gasteiger partial charge in [0.05, 0.1) is 12.8 Å². The van der Waals surface area contributed by atoms with E-state index in [1.54, 1.807) is 62.6 Å². The van der Waals surface area contributed by atoms with Crippen molar-refractivity contribution in [3.63, 3.8) is 0 Å². The van der Waals surface area contributed by atoms with Gasteiger partial charge in [-0.25, -0.2) is 5.43 Å². The van der Waals surface area contributed by atoms with Gasteiger partial charge in [-0.2, -0.15) is 5.10 Å². The molecule has 6 heteroatoms. The van der Waals surface area contributed by atoms with E-state index in [4.69, 9.17) is 9.47 Å². The molecule has 0 heterocycles. The Hall–Kier alpha value is -3.02. The van der Waals surface area contributed by atoms with Crippen LogP contribution in [0, 0.1) is 0 Å². The molecule has 2 aromatic rings. The first-order valence-electron chi connectivity index (χ1n) is 6.98. The van der Waals surface area contributed by atoms with Crippen LogP contribution in [0.25, 0.3) is 0 Å². The first-order chi connectivity index (χ1) is 11.1. The lowest BCUT2D eigenvalue weighted by molar-refractivity contribution is -0.123. The molecule has 1 amide bonds.